The summed E-state index contributed by atoms with van der Waals surface area (Å²) in [5.41, 5.74) is 6.01. The molecule has 0 aromatic heterocycles. The number of Topliss-reactive ketones (excluding diaryl/α,β-unsaturated/α-hetero) is 1. The van der Waals surface area contributed by atoms with Crippen molar-refractivity contribution < 1.29 is 84.4 Å². The van der Waals surface area contributed by atoms with Gasteiger partial charge in [-0.15, -0.1) is 0 Å². The second-order valence-corrected chi connectivity index (χ2v) is 17.4. The molecule has 0 saturated carbocycles. The fraction of sp³-hybridized carbons (Fsp3) is 0.638. The Morgan fingerprint density at radius 1 is 0.692 bits per heavy atom. The number of hydrogen-bond donors (Lipinski definition) is 11. The summed E-state index contributed by atoms with van der Waals surface area (Å²) in [5, 5.41) is 107. The quantitative estimate of drug-likeness (QED) is 0.175. The second kappa shape index (κ2) is 27.2. The summed E-state index contributed by atoms with van der Waals surface area (Å²) in [6.45, 7) is 6.70. The van der Waals surface area contributed by atoms with Gasteiger partial charge in [0.25, 0.3) is 0 Å². The molecule has 0 spiro atoms. The molecule has 0 aromatic rings. The average molecular weight is 922 g/mol. The maximum Gasteiger partial charge on any atom is 0.311 e. The summed E-state index contributed by atoms with van der Waals surface area (Å²) < 4.78 is 23.1. The number of aliphatic hydroxyl groups is 9. The summed E-state index contributed by atoms with van der Waals surface area (Å²) in [5.74, 6) is -7.51. The van der Waals surface area contributed by atoms with Gasteiger partial charge in [0, 0.05) is 50.4 Å². The Morgan fingerprint density at radius 3 is 1.82 bits per heavy atom. The van der Waals surface area contributed by atoms with Gasteiger partial charge in [-0.25, -0.2) is 0 Å². The fourth-order valence-corrected chi connectivity index (χ4v) is 7.82. The molecule has 18 heteroatoms. The van der Waals surface area contributed by atoms with E-state index in [-0.39, 0.29) is 31.6 Å². The van der Waals surface area contributed by atoms with Crippen molar-refractivity contribution in [2.24, 2.45) is 23.5 Å². The van der Waals surface area contributed by atoms with Gasteiger partial charge in [-0.2, -0.15) is 0 Å². The summed E-state index contributed by atoms with van der Waals surface area (Å²) in [7, 11) is 0. The predicted molar refractivity (Wildman–Crippen MR) is 236 cm³/mol. The molecule has 0 aromatic carbocycles. The Kier molecular flexibility index (Phi) is 23.2. The highest BCUT2D eigenvalue weighted by atomic mass is 16.7. The molecular formula is C47H71NO17. The third kappa shape index (κ3) is 18.5. The fourth-order valence-electron chi connectivity index (χ4n) is 7.82. The summed E-state index contributed by atoms with van der Waals surface area (Å²) >= 11 is 0. The van der Waals surface area contributed by atoms with E-state index in [0.29, 0.717) is 0 Å². The van der Waals surface area contributed by atoms with Gasteiger partial charge in [0.15, 0.2) is 12.1 Å². The lowest BCUT2D eigenvalue weighted by atomic mass is 9.82. The van der Waals surface area contributed by atoms with E-state index in [9.17, 15) is 65.4 Å². The number of carboxylic acid groups (broad SMARTS) is 1. The molecule has 2 saturated heterocycles. The highest BCUT2D eigenvalue weighted by Gasteiger charge is 2.51. The van der Waals surface area contributed by atoms with E-state index in [2.05, 4.69) is 0 Å². The van der Waals surface area contributed by atoms with E-state index in [1.807, 2.05) is 13.0 Å². The van der Waals surface area contributed by atoms with Gasteiger partial charge in [-0.3, -0.25) is 14.4 Å². The van der Waals surface area contributed by atoms with Crippen LogP contribution in [0.2, 0.25) is 0 Å². The molecule has 18 nitrogen and oxygen atoms in total. The van der Waals surface area contributed by atoms with Crippen molar-refractivity contribution in [1.29, 1.82) is 0 Å². The van der Waals surface area contributed by atoms with Crippen LogP contribution in [-0.4, -0.2) is 160 Å². The number of nitrogens with two attached hydrogens (primary N) is 1. The lowest BCUT2D eigenvalue weighted by Gasteiger charge is -2.45. The lowest BCUT2D eigenvalue weighted by Crippen LogP contribution is -2.61. The van der Waals surface area contributed by atoms with Crippen LogP contribution < -0.4 is 5.73 Å². The van der Waals surface area contributed by atoms with Crippen molar-refractivity contribution in [3.05, 3.63) is 85.1 Å². The maximum atomic E-state index is 12.7. The van der Waals surface area contributed by atoms with Crippen LogP contribution in [0.25, 0.3) is 0 Å². The van der Waals surface area contributed by atoms with E-state index in [0.717, 1.165) is 0 Å². The van der Waals surface area contributed by atoms with Gasteiger partial charge in [0.1, 0.15) is 23.9 Å². The van der Waals surface area contributed by atoms with Gasteiger partial charge < -0.3 is 75.7 Å². The molecule has 18 atom stereocenters. The molecule has 366 valence electrons. The van der Waals surface area contributed by atoms with Gasteiger partial charge >= 0.3 is 11.9 Å². The zero-order valence-electron chi connectivity index (χ0n) is 37.5. The molecule has 2 bridgehead atoms. The van der Waals surface area contributed by atoms with Crippen LogP contribution >= 0.6 is 0 Å². The number of aliphatic carboxylic acids is 1. The average Bonchev–Trinajstić information content (AvgIpc) is 3.21. The van der Waals surface area contributed by atoms with Crippen LogP contribution in [0.3, 0.4) is 0 Å². The largest absolute Gasteiger partial charge is 0.481 e. The van der Waals surface area contributed by atoms with Crippen LogP contribution in [0, 0.1) is 17.8 Å². The van der Waals surface area contributed by atoms with Gasteiger partial charge in [-0.05, 0) is 20.3 Å². The van der Waals surface area contributed by atoms with E-state index >= 15 is 0 Å². The Morgan fingerprint density at radius 2 is 1.23 bits per heavy atom. The number of rotatable bonds is 3. The zero-order chi connectivity index (χ0) is 48.4. The van der Waals surface area contributed by atoms with E-state index < -0.39 is 147 Å². The number of carbonyl (C=O) groups is 3. The first-order chi connectivity index (χ1) is 30.6. The summed E-state index contributed by atoms with van der Waals surface area (Å²) in [6, 6.07) is -1.15. The number of carboxylic acids is 1. The molecule has 0 radical (unpaired) electrons. The van der Waals surface area contributed by atoms with Crippen LogP contribution in [0.15, 0.2) is 85.1 Å². The van der Waals surface area contributed by atoms with E-state index in [1.54, 1.807) is 86.8 Å². The molecule has 3 rings (SSSR count). The number of fused-ring (bicyclic) bond motifs is 2. The van der Waals surface area contributed by atoms with Crippen LogP contribution in [-0.2, 0) is 33.3 Å². The first kappa shape index (κ1) is 55.6. The van der Waals surface area contributed by atoms with Crippen LogP contribution in [0.5, 0.6) is 0 Å². The molecule has 3 heterocycles. The summed E-state index contributed by atoms with van der Waals surface area (Å²) in [6.07, 6.45) is 3.67. The number of ether oxygens (including phenoxy) is 4. The molecule has 12 N–H and O–H groups in total. The van der Waals surface area contributed by atoms with Crippen molar-refractivity contribution in [3.63, 3.8) is 0 Å². The number of ketones is 1. The standard InChI is InChI=1S/C47H71NO17/c1-27-17-15-13-11-9-7-5-6-8-10-12-14-16-18-34(64-46-44(58)41(48)43(57)30(4)63-46)24-38-40(45(59)60)37(54)26-47(61,65-38)25-36(53)35(52)20-19-31(49)21-32(50)22-33(51)23-39(55)62-29(3)28(2)42(27)56/h5-18,27-30,32-38,40-44,46,50-54,56-58,61H,19-26,48H2,1-4H3,(H,59,60)/b6-5+,9-7+,10-8+,13-11+,14-12+,17-15+,18-16+/t27-,28-,29-,30?,32?,33?,34?,35?,36?,37-,38?,40?,41?,42?,43?,44?,46?,47?/m0/s1. The minimum absolute atomic E-state index is 0.291. The molecule has 2 fully saturated rings. The van der Waals surface area contributed by atoms with Crippen molar-refractivity contribution >= 4 is 17.7 Å². The number of hydrogen-bond acceptors (Lipinski definition) is 17. The van der Waals surface area contributed by atoms with Crippen molar-refractivity contribution in [2.75, 3.05) is 0 Å². The number of allylic oxidation sites excluding steroid dienone is 12. The number of esters is 1. The van der Waals surface area contributed by atoms with Gasteiger partial charge in [-0.1, -0.05) is 98.9 Å². The molecule has 0 aliphatic carbocycles. The highest BCUT2D eigenvalue weighted by molar-refractivity contribution is 5.78. The Balaban J connectivity index is 1.86. The molecule has 0 amide bonds. The van der Waals surface area contributed by atoms with Crippen LogP contribution in [0.4, 0.5) is 0 Å². The number of cyclic esters (lactones) is 1. The molecule has 3 aliphatic heterocycles. The Bertz CT molecular complexity index is 1710. The predicted octanol–water partition coefficient (Wildman–Crippen LogP) is 0.920. The molecule has 14 unspecified atom stereocenters. The van der Waals surface area contributed by atoms with Gasteiger partial charge in [0.05, 0.1) is 73.5 Å². The third-order valence-corrected chi connectivity index (χ3v) is 11.9. The van der Waals surface area contributed by atoms with E-state index in [1.165, 1.54) is 13.0 Å². The SMILES string of the molecule is CC1OC(OC2/C=C/C=C/C=C/C=C/C=C/C=C/C=C/[C@H](C)C(O)[C@@H](C)[C@H](C)OC(=O)CC(O)CC(O)CC(=O)CCC(O)C(O)CC3(O)C[C@H](O)C(C(=O)O)C(C2)O3)C(O)C(N)C1O. The van der Waals surface area contributed by atoms with Crippen molar-refractivity contribution in [3.8, 4) is 0 Å². The third-order valence-electron chi connectivity index (χ3n) is 11.9. The normalized spacial score (nSPS) is 44.4. The minimum Gasteiger partial charge on any atom is -0.481 e. The molecule has 65 heavy (non-hydrogen) atoms. The maximum absolute atomic E-state index is 12.7. The topological polar surface area (TPSA) is 316 Å². The summed E-state index contributed by atoms with van der Waals surface area (Å²) in [4.78, 5) is 37.8. The Labute approximate surface area is 380 Å². The first-order valence-electron chi connectivity index (χ1n) is 22.2. The van der Waals surface area contributed by atoms with Crippen LogP contribution in [0.1, 0.15) is 79.1 Å². The first-order valence-corrected chi connectivity index (χ1v) is 22.2. The number of carbonyl (C=O) groups excluding carboxylic acids is 2. The zero-order valence-corrected chi connectivity index (χ0v) is 37.5. The van der Waals surface area contributed by atoms with Gasteiger partial charge in [0.2, 0.25) is 0 Å². The number of aliphatic hydroxyl groups excluding tert-OH is 8. The minimum atomic E-state index is -2.38. The van der Waals surface area contributed by atoms with Crippen molar-refractivity contribution in [1.82, 2.24) is 0 Å². The van der Waals surface area contributed by atoms with Crippen molar-refractivity contribution in [2.45, 2.75) is 170 Å². The molecule has 3 aliphatic rings. The molecular weight excluding hydrogens is 851 g/mol. The van der Waals surface area contributed by atoms with E-state index in [4.69, 9.17) is 24.7 Å². The monoisotopic (exact) mass is 921 g/mol. The smallest absolute Gasteiger partial charge is 0.311 e. The highest BCUT2D eigenvalue weighted by Crippen LogP contribution is 2.38. The lowest BCUT2D eigenvalue weighted by molar-refractivity contribution is -0.310. The Hall–Kier alpha value is -3.73. The second-order valence-electron chi connectivity index (χ2n) is 17.4.